The van der Waals surface area contributed by atoms with Crippen molar-refractivity contribution >= 4 is 50.8 Å². The van der Waals surface area contributed by atoms with Crippen molar-refractivity contribution in [1.29, 1.82) is 0 Å². The smallest absolute Gasteiger partial charge is 0.179 e. The number of halogens is 1. The highest BCUT2D eigenvalue weighted by molar-refractivity contribution is 9.10. The minimum atomic E-state index is 0.665. The van der Waals surface area contributed by atoms with Crippen molar-refractivity contribution in [3.05, 3.63) is 28.2 Å². The van der Waals surface area contributed by atoms with Crippen LogP contribution in [0, 0.1) is 0 Å². The van der Waals surface area contributed by atoms with Crippen molar-refractivity contribution in [1.82, 2.24) is 10.2 Å². The van der Waals surface area contributed by atoms with E-state index in [-0.39, 0.29) is 0 Å². The van der Waals surface area contributed by atoms with E-state index in [1.807, 2.05) is 6.26 Å². The van der Waals surface area contributed by atoms with Crippen LogP contribution in [0.2, 0.25) is 0 Å². The van der Waals surface area contributed by atoms with Gasteiger partial charge in [-0.05, 0) is 36.9 Å². The summed E-state index contributed by atoms with van der Waals surface area (Å²) in [4.78, 5) is 1.16. The van der Waals surface area contributed by atoms with Crippen molar-refractivity contribution < 1.29 is 0 Å². The molecule has 3 nitrogen and oxygen atoms in total. The second kappa shape index (κ2) is 6.91. The molecule has 2 N–H and O–H groups in total. The largest absolute Gasteiger partial charge is 0.330 e. The van der Waals surface area contributed by atoms with Crippen LogP contribution in [-0.4, -0.2) is 23.0 Å². The maximum atomic E-state index is 5.56. The van der Waals surface area contributed by atoms with E-state index in [1.165, 1.54) is 5.56 Å². The molecule has 18 heavy (non-hydrogen) atoms. The maximum absolute atomic E-state index is 5.56. The molecule has 0 aliphatic heterocycles. The van der Waals surface area contributed by atoms with Gasteiger partial charge in [0, 0.05) is 9.37 Å². The first-order chi connectivity index (χ1) is 8.72. The van der Waals surface area contributed by atoms with E-state index >= 15 is 0 Å². The Kier molecular flexibility index (Phi) is 5.50. The molecule has 0 unspecified atom stereocenters. The Hall–Kier alpha value is -0.0800. The molecule has 1 aromatic carbocycles. The zero-order chi connectivity index (χ0) is 13.0. The predicted octanol–water partition coefficient (Wildman–Crippen LogP) is 3.67. The van der Waals surface area contributed by atoms with E-state index in [1.54, 1.807) is 34.9 Å². The Balaban J connectivity index is 2.12. The van der Waals surface area contributed by atoms with E-state index in [0.717, 1.165) is 24.5 Å². The molecular formula is C11H12BrN3S3. The zero-order valence-electron chi connectivity index (χ0n) is 9.72. The van der Waals surface area contributed by atoms with Crippen LogP contribution in [-0.2, 0) is 6.42 Å². The van der Waals surface area contributed by atoms with Gasteiger partial charge in [0.25, 0.3) is 0 Å². The summed E-state index contributed by atoms with van der Waals surface area (Å²) in [6.07, 6.45) is 2.90. The van der Waals surface area contributed by atoms with E-state index in [2.05, 4.69) is 44.3 Å². The number of thioether (sulfide) groups is 1. The van der Waals surface area contributed by atoms with Crippen LogP contribution in [0.25, 0.3) is 0 Å². The minimum Gasteiger partial charge on any atom is -0.330 e. The molecule has 0 aliphatic carbocycles. The summed E-state index contributed by atoms with van der Waals surface area (Å²) in [7, 11) is 0. The number of aromatic nitrogens is 2. The first kappa shape index (κ1) is 14.3. The van der Waals surface area contributed by atoms with Gasteiger partial charge in [-0.3, -0.25) is 0 Å². The Morgan fingerprint density at radius 3 is 2.72 bits per heavy atom. The van der Waals surface area contributed by atoms with E-state index in [4.69, 9.17) is 5.73 Å². The summed E-state index contributed by atoms with van der Waals surface area (Å²) >= 11 is 8.45. The maximum Gasteiger partial charge on any atom is 0.179 e. The van der Waals surface area contributed by atoms with Crippen LogP contribution in [0.15, 0.2) is 36.2 Å². The van der Waals surface area contributed by atoms with Crippen LogP contribution >= 0.6 is 50.8 Å². The number of nitrogens with two attached hydrogens (primary N) is 1. The molecule has 0 radical (unpaired) electrons. The minimum absolute atomic E-state index is 0.665. The summed E-state index contributed by atoms with van der Waals surface area (Å²) in [5, 5.41) is 8.23. The first-order valence-electron chi connectivity index (χ1n) is 5.26. The van der Waals surface area contributed by atoms with Crippen molar-refractivity contribution in [3.8, 4) is 0 Å². The molecule has 0 aliphatic rings. The predicted molar refractivity (Wildman–Crippen MR) is 82.7 cm³/mol. The molecule has 96 valence electrons. The van der Waals surface area contributed by atoms with Crippen LogP contribution in [0.4, 0.5) is 0 Å². The van der Waals surface area contributed by atoms with Crippen molar-refractivity contribution in [2.45, 2.75) is 20.0 Å². The normalized spacial score (nSPS) is 10.8. The van der Waals surface area contributed by atoms with Gasteiger partial charge in [-0.25, -0.2) is 0 Å². The molecule has 1 aromatic heterocycles. The highest BCUT2D eigenvalue weighted by Crippen LogP contribution is 2.34. The summed E-state index contributed by atoms with van der Waals surface area (Å²) in [6, 6.07) is 6.31. The summed E-state index contributed by atoms with van der Waals surface area (Å²) in [6.45, 7) is 0.665. The molecule has 0 saturated heterocycles. The number of rotatable bonds is 5. The SMILES string of the molecule is CSc1nnc(Sc2ccc(CCN)c(Br)c2)s1. The van der Waals surface area contributed by atoms with E-state index < -0.39 is 0 Å². The number of hydrogen-bond donors (Lipinski definition) is 1. The number of hydrogen-bond acceptors (Lipinski definition) is 6. The standard InChI is InChI=1S/C11H12BrN3S3/c1-16-10-14-15-11(18-10)17-8-3-2-7(4-5-13)9(12)6-8/h2-3,6H,4-5,13H2,1H3. The van der Waals surface area contributed by atoms with Gasteiger partial charge in [0.1, 0.15) is 0 Å². The van der Waals surface area contributed by atoms with Gasteiger partial charge >= 0.3 is 0 Å². The van der Waals surface area contributed by atoms with Crippen molar-refractivity contribution in [3.63, 3.8) is 0 Å². The molecular weight excluding hydrogens is 350 g/mol. The molecule has 0 spiro atoms. The summed E-state index contributed by atoms with van der Waals surface area (Å²) in [5.74, 6) is 0. The second-order valence-electron chi connectivity index (χ2n) is 3.43. The fraction of sp³-hybridized carbons (Fsp3) is 0.273. The molecule has 2 rings (SSSR count). The average Bonchev–Trinajstić information content (AvgIpc) is 2.80. The zero-order valence-corrected chi connectivity index (χ0v) is 13.8. The third-order valence-electron chi connectivity index (χ3n) is 2.21. The molecule has 0 bridgehead atoms. The van der Waals surface area contributed by atoms with Crippen LogP contribution in [0.5, 0.6) is 0 Å². The quantitative estimate of drug-likeness (QED) is 0.823. The van der Waals surface area contributed by atoms with Gasteiger partial charge in [-0.1, -0.05) is 56.9 Å². The summed E-state index contributed by atoms with van der Waals surface area (Å²) in [5.41, 5.74) is 6.80. The Morgan fingerprint density at radius 2 is 2.11 bits per heavy atom. The lowest BCUT2D eigenvalue weighted by Crippen LogP contribution is -2.03. The lowest BCUT2D eigenvalue weighted by molar-refractivity contribution is 0.953. The van der Waals surface area contributed by atoms with E-state index in [0.29, 0.717) is 6.54 Å². The third kappa shape index (κ3) is 3.71. The van der Waals surface area contributed by atoms with Crippen molar-refractivity contribution in [2.75, 3.05) is 12.8 Å². The van der Waals surface area contributed by atoms with E-state index in [9.17, 15) is 0 Å². The fourth-order valence-corrected chi connectivity index (χ4v) is 4.55. The monoisotopic (exact) mass is 361 g/mol. The van der Waals surface area contributed by atoms with Gasteiger partial charge in [-0.15, -0.1) is 10.2 Å². The highest BCUT2D eigenvalue weighted by atomic mass is 79.9. The van der Waals surface area contributed by atoms with Gasteiger partial charge in [0.2, 0.25) is 0 Å². The van der Waals surface area contributed by atoms with Crippen LogP contribution in [0.1, 0.15) is 5.56 Å². The average molecular weight is 362 g/mol. The molecule has 0 atom stereocenters. The van der Waals surface area contributed by atoms with Gasteiger partial charge in [-0.2, -0.15) is 0 Å². The molecule has 7 heteroatoms. The van der Waals surface area contributed by atoms with Crippen LogP contribution in [0.3, 0.4) is 0 Å². The molecule has 0 amide bonds. The fourth-order valence-electron chi connectivity index (χ4n) is 1.37. The lowest BCUT2D eigenvalue weighted by atomic mass is 10.1. The molecule has 0 saturated carbocycles. The molecule has 0 fully saturated rings. The topological polar surface area (TPSA) is 51.8 Å². The second-order valence-corrected chi connectivity index (χ2v) is 7.64. The Labute approximate surface area is 127 Å². The van der Waals surface area contributed by atoms with Gasteiger partial charge in [0.15, 0.2) is 8.68 Å². The Bertz CT molecular complexity index is 530. The van der Waals surface area contributed by atoms with Crippen molar-refractivity contribution in [2.24, 2.45) is 5.73 Å². The van der Waals surface area contributed by atoms with Gasteiger partial charge < -0.3 is 5.73 Å². The highest BCUT2D eigenvalue weighted by Gasteiger charge is 2.07. The van der Waals surface area contributed by atoms with Crippen LogP contribution < -0.4 is 5.73 Å². The van der Waals surface area contributed by atoms with Gasteiger partial charge in [0.05, 0.1) is 0 Å². The first-order valence-corrected chi connectivity index (χ1v) is 8.92. The summed E-state index contributed by atoms with van der Waals surface area (Å²) < 4.78 is 3.07. The Morgan fingerprint density at radius 1 is 1.33 bits per heavy atom. The molecule has 1 heterocycles. The third-order valence-corrected chi connectivity index (χ3v) is 5.88. The number of benzene rings is 1. The molecule has 2 aromatic rings. The number of nitrogens with zero attached hydrogens (tertiary/aromatic N) is 2. The lowest BCUT2D eigenvalue weighted by Gasteiger charge is -2.04.